The number of carbonyl (C=O) groups is 1. The summed E-state index contributed by atoms with van der Waals surface area (Å²) in [5.74, 6) is 1.24. The summed E-state index contributed by atoms with van der Waals surface area (Å²) < 4.78 is 5.44. The molecule has 0 fully saturated rings. The maximum atomic E-state index is 12.0. The first kappa shape index (κ1) is 14.1. The fourth-order valence-electron chi connectivity index (χ4n) is 1.77. The van der Waals surface area contributed by atoms with Crippen LogP contribution in [0.2, 0.25) is 0 Å². The molecule has 0 aliphatic heterocycles. The van der Waals surface area contributed by atoms with Crippen LogP contribution in [0, 0.1) is 20.8 Å². The second-order valence-corrected chi connectivity index (χ2v) is 4.85. The van der Waals surface area contributed by atoms with E-state index in [2.05, 4.69) is 10.5 Å². The van der Waals surface area contributed by atoms with Gasteiger partial charge in [-0.2, -0.15) is 5.10 Å². The number of rotatable bonds is 3. The van der Waals surface area contributed by atoms with Gasteiger partial charge in [-0.1, -0.05) is 6.07 Å². The van der Waals surface area contributed by atoms with Crippen molar-refractivity contribution < 1.29 is 9.21 Å². The molecule has 104 valence electrons. The highest BCUT2D eigenvalue weighted by molar-refractivity contribution is 5.99. The monoisotopic (exact) mass is 270 g/mol. The average Bonchev–Trinajstić information content (AvgIpc) is 2.85. The summed E-state index contributed by atoms with van der Waals surface area (Å²) in [4.78, 5) is 12.0. The molecule has 1 aromatic heterocycles. The molecule has 0 unspecified atom stereocenters. The Kier molecular flexibility index (Phi) is 4.03. The molecule has 20 heavy (non-hydrogen) atoms. The van der Waals surface area contributed by atoms with Crippen LogP contribution in [0.15, 0.2) is 39.9 Å². The molecule has 2 rings (SSSR count). The molecule has 0 aliphatic carbocycles. The van der Waals surface area contributed by atoms with Crippen LogP contribution in [-0.2, 0) is 0 Å². The van der Waals surface area contributed by atoms with Crippen LogP contribution in [0.3, 0.4) is 0 Å². The SMILES string of the molecule is CC(=NNC(=O)c1ccc(C)c(C)c1)c1ccc(C)o1. The Morgan fingerprint density at radius 1 is 1.10 bits per heavy atom. The highest BCUT2D eigenvalue weighted by atomic mass is 16.3. The smallest absolute Gasteiger partial charge is 0.271 e. The van der Waals surface area contributed by atoms with Gasteiger partial charge in [0.05, 0.1) is 0 Å². The lowest BCUT2D eigenvalue weighted by atomic mass is 10.1. The fourth-order valence-corrected chi connectivity index (χ4v) is 1.77. The van der Waals surface area contributed by atoms with Crippen LogP contribution in [0.25, 0.3) is 0 Å². The Balaban J connectivity index is 2.09. The minimum atomic E-state index is -0.226. The van der Waals surface area contributed by atoms with Gasteiger partial charge < -0.3 is 4.42 Å². The molecule has 1 aromatic carbocycles. The number of hydrogen-bond acceptors (Lipinski definition) is 3. The largest absolute Gasteiger partial charge is 0.460 e. The molecule has 2 aromatic rings. The molecule has 1 heterocycles. The highest BCUT2D eigenvalue weighted by Gasteiger charge is 2.07. The van der Waals surface area contributed by atoms with E-state index in [0.717, 1.165) is 16.9 Å². The summed E-state index contributed by atoms with van der Waals surface area (Å²) in [6, 6.07) is 9.26. The Labute approximate surface area is 118 Å². The third-order valence-electron chi connectivity index (χ3n) is 3.19. The molecule has 0 bridgehead atoms. The van der Waals surface area contributed by atoms with Crippen molar-refractivity contribution in [1.29, 1.82) is 0 Å². The first-order valence-corrected chi connectivity index (χ1v) is 6.46. The van der Waals surface area contributed by atoms with Crippen LogP contribution >= 0.6 is 0 Å². The Morgan fingerprint density at radius 3 is 2.45 bits per heavy atom. The van der Waals surface area contributed by atoms with Crippen LogP contribution in [0.4, 0.5) is 0 Å². The first-order chi connectivity index (χ1) is 9.47. The van der Waals surface area contributed by atoms with Crippen molar-refractivity contribution in [3.05, 3.63) is 58.5 Å². The molecule has 4 nitrogen and oxygen atoms in total. The molecule has 4 heteroatoms. The number of hydrazone groups is 1. The van der Waals surface area contributed by atoms with Gasteiger partial charge in [-0.25, -0.2) is 5.43 Å². The van der Waals surface area contributed by atoms with Crippen molar-refractivity contribution in [2.45, 2.75) is 27.7 Å². The predicted molar refractivity (Wildman–Crippen MR) is 79.0 cm³/mol. The zero-order valence-electron chi connectivity index (χ0n) is 12.2. The number of carbonyl (C=O) groups excluding carboxylic acids is 1. The third-order valence-corrected chi connectivity index (χ3v) is 3.19. The van der Waals surface area contributed by atoms with Gasteiger partial charge in [0.25, 0.3) is 5.91 Å². The topological polar surface area (TPSA) is 54.6 Å². The number of hydrogen-bond donors (Lipinski definition) is 1. The number of furan rings is 1. The van der Waals surface area contributed by atoms with E-state index in [1.807, 2.05) is 45.0 Å². The molecule has 1 N–H and O–H groups in total. The van der Waals surface area contributed by atoms with Crippen molar-refractivity contribution in [3.63, 3.8) is 0 Å². The van der Waals surface area contributed by atoms with E-state index in [0.29, 0.717) is 17.0 Å². The number of aryl methyl sites for hydroxylation is 3. The standard InChI is InChI=1S/C16H18N2O2/c1-10-5-7-14(9-11(10)2)16(19)18-17-13(4)15-8-6-12(3)20-15/h5-9H,1-4H3,(H,18,19). The summed E-state index contributed by atoms with van der Waals surface area (Å²) in [6.45, 7) is 7.65. The predicted octanol–water partition coefficient (Wildman–Crippen LogP) is 3.36. The van der Waals surface area contributed by atoms with Gasteiger partial charge in [0, 0.05) is 5.56 Å². The van der Waals surface area contributed by atoms with E-state index in [4.69, 9.17) is 4.42 Å². The second kappa shape index (κ2) is 5.74. The normalized spacial score (nSPS) is 11.5. The van der Waals surface area contributed by atoms with Gasteiger partial charge in [0.2, 0.25) is 0 Å². The summed E-state index contributed by atoms with van der Waals surface area (Å²) in [5.41, 5.74) is 6.02. The highest BCUT2D eigenvalue weighted by Crippen LogP contribution is 2.10. The molecule has 0 saturated carbocycles. The van der Waals surface area contributed by atoms with Gasteiger partial charge >= 0.3 is 0 Å². The number of nitrogens with one attached hydrogen (secondary N) is 1. The van der Waals surface area contributed by atoms with Crippen molar-refractivity contribution in [3.8, 4) is 0 Å². The molecular weight excluding hydrogens is 252 g/mol. The maximum Gasteiger partial charge on any atom is 0.271 e. The van der Waals surface area contributed by atoms with E-state index in [-0.39, 0.29) is 5.91 Å². The van der Waals surface area contributed by atoms with E-state index < -0.39 is 0 Å². The third kappa shape index (κ3) is 3.15. The molecular formula is C16H18N2O2. The van der Waals surface area contributed by atoms with Crippen LogP contribution in [0.1, 0.15) is 39.9 Å². The van der Waals surface area contributed by atoms with Gasteiger partial charge in [-0.15, -0.1) is 0 Å². The Morgan fingerprint density at radius 2 is 1.85 bits per heavy atom. The van der Waals surface area contributed by atoms with E-state index in [1.54, 1.807) is 13.0 Å². The zero-order chi connectivity index (χ0) is 14.7. The van der Waals surface area contributed by atoms with Crippen LogP contribution in [0.5, 0.6) is 0 Å². The van der Waals surface area contributed by atoms with E-state index in [1.165, 1.54) is 0 Å². The zero-order valence-corrected chi connectivity index (χ0v) is 12.2. The van der Waals surface area contributed by atoms with Gasteiger partial charge in [-0.05, 0) is 63.1 Å². The summed E-state index contributed by atoms with van der Waals surface area (Å²) in [7, 11) is 0. The molecule has 0 atom stereocenters. The number of benzene rings is 1. The lowest BCUT2D eigenvalue weighted by Crippen LogP contribution is -2.19. The summed E-state index contributed by atoms with van der Waals surface area (Å²) >= 11 is 0. The summed E-state index contributed by atoms with van der Waals surface area (Å²) in [5, 5.41) is 4.06. The molecule has 1 amide bonds. The second-order valence-electron chi connectivity index (χ2n) is 4.85. The van der Waals surface area contributed by atoms with Crippen molar-refractivity contribution in [2.75, 3.05) is 0 Å². The molecule has 0 saturated heterocycles. The van der Waals surface area contributed by atoms with Crippen molar-refractivity contribution in [1.82, 2.24) is 5.43 Å². The average molecular weight is 270 g/mol. The first-order valence-electron chi connectivity index (χ1n) is 6.46. The van der Waals surface area contributed by atoms with Gasteiger partial charge in [0.1, 0.15) is 17.2 Å². The van der Waals surface area contributed by atoms with E-state index >= 15 is 0 Å². The van der Waals surface area contributed by atoms with Gasteiger partial charge in [0.15, 0.2) is 0 Å². The fraction of sp³-hybridized carbons (Fsp3) is 0.250. The number of amides is 1. The Bertz CT molecular complexity index is 669. The summed E-state index contributed by atoms with van der Waals surface area (Å²) in [6.07, 6.45) is 0. The van der Waals surface area contributed by atoms with Crippen LogP contribution < -0.4 is 5.43 Å². The molecule has 0 spiro atoms. The lowest BCUT2D eigenvalue weighted by Gasteiger charge is -2.04. The van der Waals surface area contributed by atoms with Crippen LogP contribution in [-0.4, -0.2) is 11.6 Å². The minimum absolute atomic E-state index is 0.226. The lowest BCUT2D eigenvalue weighted by molar-refractivity contribution is 0.0954. The maximum absolute atomic E-state index is 12.0. The van der Waals surface area contributed by atoms with Crippen molar-refractivity contribution >= 4 is 11.6 Å². The van der Waals surface area contributed by atoms with E-state index in [9.17, 15) is 4.79 Å². The number of nitrogens with zero attached hydrogens (tertiary/aromatic N) is 1. The minimum Gasteiger partial charge on any atom is -0.460 e. The van der Waals surface area contributed by atoms with Crippen molar-refractivity contribution in [2.24, 2.45) is 5.10 Å². The quantitative estimate of drug-likeness (QED) is 0.686. The van der Waals surface area contributed by atoms with Gasteiger partial charge in [-0.3, -0.25) is 4.79 Å². The molecule has 0 aliphatic rings. The molecule has 0 radical (unpaired) electrons. The Hall–Kier alpha value is -2.36.